The number of nitrogens with one attached hydrogen (secondary N) is 2. The minimum Gasteiger partial charge on any atom is -0.347 e. The summed E-state index contributed by atoms with van der Waals surface area (Å²) in [5.41, 5.74) is 3.09. The molecule has 0 radical (unpaired) electrons. The first kappa shape index (κ1) is 21.3. The van der Waals surface area contributed by atoms with Crippen LogP contribution in [0.3, 0.4) is 0 Å². The number of benzene rings is 1. The van der Waals surface area contributed by atoms with Crippen molar-refractivity contribution in [2.24, 2.45) is 0 Å². The lowest BCUT2D eigenvalue weighted by atomic mass is 10.1. The van der Waals surface area contributed by atoms with Gasteiger partial charge in [0.05, 0.1) is 11.8 Å². The van der Waals surface area contributed by atoms with E-state index in [-0.39, 0.29) is 11.9 Å². The summed E-state index contributed by atoms with van der Waals surface area (Å²) in [6.45, 7) is 2.66. The van der Waals surface area contributed by atoms with Gasteiger partial charge in [-0.05, 0) is 19.6 Å². The number of thiol groups is 1. The van der Waals surface area contributed by atoms with Crippen molar-refractivity contribution < 1.29 is 4.79 Å². The number of aromatic nitrogens is 6. The summed E-state index contributed by atoms with van der Waals surface area (Å²) in [6, 6.07) is 9.93. The van der Waals surface area contributed by atoms with E-state index in [9.17, 15) is 4.79 Å². The Balaban J connectivity index is 0.00000112. The molecular weight excluding hydrogens is 430 g/mol. The molecule has 1 atom stereocenters. The van der Waals surface area contributed by atoms with Crippen LogP contribution in [0.25, 0.3) is 22.0 Å². The highest BCUT2D eigenvalue weighted by Crippen LogP contribution is 2.26. The van der Waals surface area contributed by atoms with Crippen molar-refractivity contribution in [3.8, 4) is 22.0 Å². The van der Waals surface area contributed by atoms with Gasteiger partial charge in [-0.25, -0.2) is 14.6 Å². The van der Waals surface area contributed by atoms with Gasteiger partial charge >= 0.3 is 0 Å². The molecule has 10 heteroatoms. The molecule has 160 valence electrons. The molecule has 31 heavy (non-hydrogen) atoms. The molecule has 0 saturated heterocycles. The summed E-state index contributed by atoms with van der Waals surface area (Å²) in [7, 11) is 0. The van der Waals surface area contributed by atoms with Gasteiger partial charge in [-0.15, -0.1) is 11.3 Å². The third kappa shape index (κ3) is 4.54. The molecule has 1 amide bonds. The van der Waals surface area contributed by atoms with Crippen LogP contribution in [0.2, 0.25) is 0 Å². The predicted molar refractivity (Wildman–Crippen MR) is 124 cm³/mol. The molecular formula is C21H23N7OS2. The molecule has 4 heterocycles. The Labute approximate surface area is 189 Å². The van der Waals surface area contributed by atoms with Crippen LogP contribution in [0.4, 0.5) is 0 Å². The highest BCUT2D eigenvalue weighted by atomic mass is 32.1. The van der Waals surface area contributed by atoms with Gasteiger partial charge in [-0.3, -0.25) is 9.89 Å². The monoisotopic (exact) mass is 453 g/mol. The summed E-state index contributed by atoms with van der Waals surface area (Å²) >= 11 is 5.03. The maximum absolute atomic E-state index is 12.9. The number of thiazole rings is 1. The molecule has 1 aliphatic heterocycles. The van der Waals surface area contributed by atoms with Gasteiger partial charge in [-0.2, -0.15) is 22.8 Å². The number of fused-ring (bicyclic) bond motifs is 1. The first-order valence-electron chi connectivity index (χ1n) is 9.88. The van der Waals surface area contributed by atoms with Crippen LogP contribution in [-0.4, -0.2) is 48.2 Å². The van der Waals surface area contributed by atoms with E-state index in [4.69, 9.17) is 0 Å². The zero-order chi connectivity index (χ0) is 21.8. The Kier molecular flexibility index (Phi) is 6.47. The third-order valence-electron chi connectivity index (χ3n) is 4.95. The topological polar surface area (TPSA) is 101 Å². The van der Waals surface area contributed by atoms with Crippen molar-refractivity contribution in [2.75, 3.05) is 6.26 Å². The molecule has 0 spiro atoms. The quantitative estimate of drug-likeness (QED) is 0.411. The SMILES string of the molecule is CS.Cc1csc(-c2cn[nH]c2C(=O)NC2CCn3nc(-c4ccccc4)nc3C2)n1. The van der Waals surface area contributed by atoms with Crippen molar-refractivity contribution in [2.45, 2.75) is 32.4 Å². The van der Waals surface area contributed by atoms with Crippen LogP contribution >= 0.6 is 24.0 Å². The van der Waals surface area contributed by atoms with Gasteiger partial charge in [0.15, 0.2) is 5.82 Å². The molecule has 0 aliphatic carbocycles. The molecule has 3 aromatic heterocycles. The number of carbonyl (C=O) groups excluding carboxylic acids is 1. The molecule has 0 saturated carbocycles. The molecule has 5 rings (SSSR count). The number of carbonyl (C=O) groups is 1. The normalized spacial score (nSPS) is 15.0. The zero-order valence-electron chi connectivity index (χ0n) is 17.2. The maximum Gasteiger partial charge on any atom is 0.270 e. The fourth-order valence-corrected chi connectivity index (χ4v) is 4.31. The smallest absolute Gasteiger partial charge is 0.270 e. The van der Waals surface area contributed by atoms with E-state index in [0.29, 0.717) is 12.1 Å². The Morgan fingerprint density at radius 3 is 2.81 bits per heavy atom. The Hall–Kier alpha value is -2.98. The summed E-state index contributed by atoms with van der Waals surface area (Å²) in [6.07, 6.45) is 4.79. The van der Waals surface area contributed by atoms with Crippen molar-refractivity contribution in [3.05, 3.63) is 59.1 Å². The number of hydrogen-bond donors (Lipinski definition) is 3. The number of nitrogens with zero attached hydrogens (tertiary/aromatic N) is 5. The average Bonchev–Trinajstić information content (AvgIpc) is 3.54. The number of H-pyrrole nitrogens is 1. The Morgan fingerprint density at radius 1 is 1.26 bits per heavy atom. The number of aromatic amines is 1. The van der Waals surface area contributed by atoms with E-state index in [1.54, 1.807) is 12.5 Å². The first-order chi connectivity index (χ1) is 15.2. The van der Waals surface area contributed by atoms with Crippen LogP contribution in [0.5, 0.6) is 0 Å². The van der Waals surface area contributed by atoms with Crippen LogP contribution in [0.15, 0.2) is 41.9 Å². The lowest BCUT2D eigenvalue weighted by Crippen LogP contribution is -2.40. The van der Waals surface area contributed by atoms with E-state index < -0.39 is 0 Å². The molecule has 0 bridgehead atoms. The van der Waals surface area contributed by atoms with Crippen molar-refractivity contribution >= 4 is 29.9 Å². The first-order valence-corrected chi connectivity index (χ1v) is 11.7. The highest BCUT2D eigenvalue weighted by Gasteiger charge is 2.26. The third-order valence-corrected chi connectivity index (χ3v) is 5.94. The maximum atomic E-state index is 12.9. The number of aryl methyl sites for hydroxylation is 2. The van der Waals surface area contributed by atoms with E-state index in [1.807, 2.05) is 47.3 Å². The number of amides is 1. The minimum absolute atomic E-state index is 0.00277. The van der Waals surface area contributed by atoms with Gasteiger partial charge in [0.1, 0.15) is 16.5 Å². The summed E-state index contributed by atoms with van der Waals surface area (Å²) in [5, 5.41) is 17.3. The fourth-order valence-electron chi connectivity index (χ4n) is 3.49. The van der Waals surface area contributed by atoms with Gasteiger partial charge in [0, 0.05) is 35.6 Å². The van der Waals surface area contributed by atoms with E-state index in [0.717, 1.165) is 46.4 Å². The average molecular weight is 454 g/mol. The van der Waals surface area contributed by atoms with Gasteiger partial charge in [-0.1, -0.05) is 30.3 Å². The Morgan fingerprint density at radius 2 is 2.06 bits per heavy atom. The van der Waals surface area contributed by atoms with Gasteiger partial charge < -0.3 is 5.32 Å². The second-order valence-corrected chi connectivity index (χ2v) is 7.91. The lowest BCUT2D eigenvalue weighted by molar-refractivity contribution is 0.0925. The summed E-state index contributed by atoms with van der Waals surface area (Å²) in [4.78, 5) is 22.0. The van der Waals surface area contributed by atoms with E-state index in [2.05, 4.69) is 43.2 Å². The van der Waals surface area contributed by atoms with Crippen LogP contribution in [0.1, 0.15) is 28.4 Å². The largest absolute Gasteiger partial charge is 0.347 e. The zero-order valence-corrected chi connectivity index (χ0v) is 19.0. The molecule has 1 aliphatic rings. The highest BCUT2D eigenvalue weighted by molar-refractivity contribution is 7.79. The summed E-state index contributed by atoms with van der Waals surface area (Å²) in [5.74, 6) is 1.44. The second-order valence-electron chi connectivity index (χ2n) is 7.06. The van der Waals surface area contributed by atoms with Crippen LogP contribution in [-0.2, 0) is 13.0 Å². The van der Waals surface area contributed by atoms with Crippen LogP contribution in [0, 0.1) is 6.92 Å². The molecule has 1 aromatic carbocycles. The van der Waals surface area contributed by atoms with Gasteiger partial charge in [0.2, 0.25) is 0 Å². The number of hydrogen-bond acceptors (Lipinski definition) is 7. The molecule has 0 fully saturated rings. The van der Waals surface area contributed by atoms with E-state index >= 15 is 0 Å². The summed E-state index contributed by atoms with van der Waals surface area (Å²) < 4.78 is 1.94. The Bertz CT molecular complexity index is 1170. The fraction of sp³-hybridized carbons (Fsp3) is 0.286. The number of rotatable bonds is 4. The minimum atomic E-state index is -0.174. The van der Waals surface area contributed by atoms with Gasteiger partial charge in [0.25, 0.3) is 5.91 Å². The molecule has 8 nitrogen and oxygen atoms in total. The second kappa shape index (κ2) is 9.44. The standard InChI is InChI=1S/C20H19N7OS.CH4S/c1-12-11-29-20(22-12)15-10-21-25-17(15)19(28)23-14-7-8-27-16(9-14)24-18(26-27)13-5-3-2-4-6-13;1-2/h2-6,10-11,14H,7-9H2,1H3,(H,21,25)(H,23,28);2H,1H3. The predicted octanol–water partition coefficient (Wildman–Crippen LogP) is 3.39. The van der Waals surface area contributed by atoms with Crippen LogP contribution < -0.4 is 5.32 Å². The van der Waals surface area contributed by atoms with Crippen molar-refractivity contribution in [1.82, 2.24) is 35.3 Å². The lowest BCUT2D eigenvalue weighted by Gasteiger charge is -2.23. The van der Waals surface area contributed by atoms with Crippen molar-refractivity contribution in [1.29, 1.82) is 0 Å². The van der Waals surface area contributed by atoms with Crippen molar-refractivity contribution in [3.63, 3.8) is 0 Å². The molecule has 4 aromatic rings. The van der Waals surface area contributed by atoms with E-state index in [1.165, 1.54) is 11.3 Å². The molecule has 1 unspecified atom stereocenters. The molecule has 2 N–H and O–H groups in total.